The van der Waals surface area contributed by atoms with Crippen molar-refractivity contribution >= 4 is 27.3 Å². The Balaban J connectivity index is 1.60. The van der Waals surface area contributed by atoms with Crippen molar-refractivity contribution in [3.8, 4) is 17.2 Å². The van der Waals surface area contributed by atoms with Gasteiger partial charge >= 0.3 is 6.18 Å². The number of sulfone groups is 1. The first-order chi connectivity index (χ1) is 15.5. The number of fused-ring (bicyclic) bond motifs is 1. The van der Waals surface area contributed by atoms with Crippen LogP contribution >= 0.6 is 0 Å². The first-order valence-electron chi connectivity index (χ1n) is 9.85. The number of carbonyl (C=O) groups excluding carboxylic acids is 2. The van der Waals surface area contributed by atoms with Crippen LogP contribution in [0.1, 0.15) is 18.4 Å². The number of methoxy groups -OCH3 is 1. The molecule has 2 saturated heterocycles. The monoisotopic (exact) mass is 484 g/mol. The van der Waals surface area contributed by atoms with E-state index in [4.69, 9.17) is 9.47 Å². The summed E-state index contributed by atoms with van der Waals surface area (Å²) in [6.45, 7) is -0.0528. The van der Waals surface area contributed by atoms with E-state index in [0.717, 1.165) is 29.2 Å². The van der Waals surface area contributed by atoms with Crippen molar-refractivity contribution in [1.82, 2.24) is 4.90 Å². The average molecular weight is 484 g/mol. The van der Waals surface area contributed by atoms with E-state index < -0.39 is 38.3 Å². The van der Waals surface area contributed by atoms with Crippen molar-refractivity contribution in [2.24, 2.45) is 0 Å². The largest absolute Gasteiger partial charge is 0.495 e. The number of alkyl halides is 3. The molecule has 1 unspecified atom stereocenters. The van der Waals surface area contributed by atoms with Crippen molar-refractivity contribution in [2.45, 2.75) is 23.9 Å². The zero-order valence-corrected chi connectivity index (χ0v) is 18.1. The number of halogens is 3. The van der Waals surface area contributed by atoms with Gasteiger partial charge in [-0.05, 0) is 36.4 Å². The van der Waals surface area contributed by atoms with Gasteiger partial charge in [0, 0.05) is 25.5 Å². The van der Waals surface area contributed by atoms with E-state index in [9.17, 15) is 31.2 Å². The van der Waals surface area contributed by atoms with Crippen LogP contribution in [-0.2, 0) is 25.6 Å². The van der Waals surface area contributed by atoms with Gasteiger partial charge in [0.2, 0.25) is 10.8 Å². The Bertz CT molecular complexity index is 1210. The number of hydrogen-bond donors (Lipinski definition) is 1. The number of nitrogens with zero attached hydrogens (tertiary/aromatic N) is 1. The first-order valence-corrected chi connectivity index (χ1v) is 11.5. The fraction of sp³-hybridized carbons (Fsp3) is 0.333. The van der Waals surface area contributed by atoms with Crippen LogP contribution in [0, 0.1) is 0 Å². The number of hydrogen-bond acceptors (Lipinski definition) is 6. The Morgan fingerprint density at radius 2 is 1.79 bits per heavy atom. The third-order valence-corrected chi connectivity index (χ3v) is 8.06. The van der Waals surface area contributed by atoms with Crippen LogP contribution in [0.4, 0.5) is 18.9 Å². The maximum Gasteiger partial charge on any atom is 0.416 e. The minimum absolute atomic E-state index is 0.0528. The highest BCUT2D eigenvalue weighted by Gasteiger charge is 2.64. The Hall–Kier alpha value is -3.28. The summed E-state index contributed by atoms with van der Waals surface area (Å²) in [6, 6.07) is 8.33. The number of benzene rings is 2. The number of carbonyl (C=O) groups is 2. The molecule has 2 aliphatic heterocycles. The molecular formula is C21H19F3N2O6S. The van der Waals surface area contributed by atoms with Crippen molar-refractivity contribution in [1.29, 1.82) is 0 Å². The van der Waals surface area contributed by atoms with Crippen LogP contribution in [0.5, 0.6) is 17.2 Å². The molecule has 2 heterocycles. The molecule has 12 heteroatoms. The molecular weight excluding hydrogens is 465 g/mol. The van der Waals surface area contributed by atoms with E-state index in [0.29, 0.717) is 0 Å². The summed E-state index contributed by atoms with van der Waals surface area (Å²) < 4.78 is 74.5. The molecule has 0 radical (unpaired) electrons. The van der Waals surface area contributed by atoms with Gasteiger partial charge in [0.1, 0.15) is 17.2 Å². The number of rotatable bonds is 5. The van der Waals surface area contributed by atoms with E-state index in [2.05, 4.69) is 5.32 Å². The molecule has 4 rings (SSSR count). The minimum atomic E-state index is -4.48. The van der Waals surface area contributed by atoms with Gasteiger partial charge < -0.3 is 19.7 Å². The van der Waals surface area contributed by atoms with E-state index in [-0.39, 0.29) is 48.1 Å². The van der Waals surface area contributed by atoms with Crippen molar-refractivity contribution in [3.63, 3.8) is 0 Å². The van der Waals surface area contributed by atoms with Gasteiger partial charge in [-0.25, -0.2) is 8.42 Å². The van der Waals surface area contributed by atoms with Crippen molar-refractivity contribution < 1.29 is 40.7 Å². The Morgan fingerprint density at radius 1 is 1.12 bits per heavy atom. The molecule has 33 heavy (non-hydrogen) atoms. The van der Waals surface area contributed by atoms with Crippen LogP contribution in [-0.4, -0.2) is 49.4 Å². The molecule has 0 aliphatic carbocycles. The summed E-state index contributed by atoms with van der Waals surface area (Å²) in [5.74, 6) is -1.11. The molecule has 2 aromatic rings. The highest BCUT2D eigenvalue weighted by Crippen LogP contribution is 2.42. The summed E-state index contributed by atoms with van der Waals surface area (Å²) in [6.07, 6.45) is -4.68. The molecule has 0 aromatic heterocycles. The Morgan fingerprint density at radius 3 is 2.42 bits per heavy atom. The predicted molar refractivity (Wildman–Crippen MR) is 111 cm³/mol. The van der Waals surface area contributed by atoms with Gasteiger partial charge in [0.25, 0.3) is 5.91 Å². The van der Waals surface area contributed by atoms with Crippen LogP contribution < -0.4 is 14.8 Å². The van der Waals surface area contributed by atoms with Gasteiger partial charge in [-0.15, -0.1) is 0 Å². The fourth-order valence-electron chi connectivity index (χ4n) is 4.05. The van der Waals surface area contributed by atoms with E-state index >= 15 is 0 Å². The summed E-state index contributed by atoms with van der Waals surface area (Å²) in [5.41, 5.74) is -0.743. The molecule has 0 saturated carbocycles. The average Bonchev–Trinajstić information content (AvgIpc) is 3.24. The lowest BCUT2D eigenvalue weighted by molar-refractivity contribution is -0.137. The number of anilines is 1. The van der Waals surface area contributed by atoms with Crippen molar-refractivity contribution in [3.05, 3.63) is 48.0 Å². The fourth-order valence-corrected chi connectivity index (χ4v) is 6.09. The molecule has 2 aromatic carbocycles. The molecule has 1 atom stereocenters. The summed E-state index contributed by atoms with van der Waals surface area (Å²) in [7, 11) is -2.56. The van der Waals surface area contributed by atoms with Crippen LogP contribution in [0.15, 0.2) is 42.5 Å². The quantitative estimate of drug-likeness (QED) is 0.700. The number of ether oxygens (including phenoxy) is 2. The van der Waals surface area contributed by atoms with Crippen LogP contribution in [0.25, 0.3) is 0 Å². The van der Waals surface area contributed by atoms with E-state index in [1.165, 1.54) is 25.3 Å². The normalized spacial score (nSPS) is 21.6. The predicted octanol–water partition coefficient (Wildman–Crippen LogP) is 3.19. The van der Waals surface area contributed by atoms with E-state index in [1.54, 1.807) is 0 Å². The summed E-state index contributed by atoms with van der Waals surface area (Å²) in [4.78, 5) is 24.4. The Kier molecular flexibility index (Phi) is 5.51. The lowest BCUT2D eigenvalue weighted by Crippen LogP contribution is -2.54. The molecule has 8 nitrogen and oxygen atoms in total. The van der Waals surface area contributed by atoms with Gasteiger partial charge in [-0.3, -0.25) is 9.59 Å². The second kappa shape index (κ2) is 7.94. The lowest BCUT2D eigenvalue weighted by atomic mass is 10.1. The molecule has 1 N–H and O–H groups in total. The van der Waals surface area contributed by atoms with Crippen LogP contribution in [0.3, 0.4) is 0 Å². The third kappa shape index (κ3) is 3.88. The molecule has 2 fully saturated rings. The second-order valence-electron chi connectivity index (χ2n) is 7.59. The zero-order valence-electron chi connectivity index (χ0n) is 17.3. The maximum atomic E-state index is 13.2. The SMILES string of the molecule is COc1ccc(Oc2ccc(C(F)(F)F)cc2)cc1NC(=O)C12CCC(=O)N1CCS2(=O)=O. The van der Waals surface area contributed by atoms with E-state index in [1.807, 2.05) is 0 Å². The maximum absolute atomic E-state index is 13.2. The summed E-state index contributed by atoms with van der Waals surface area (Å²) in [5, 5.41) is 2.53. The first kappa shape index (κ1) is 22.9. The summed E-state index contributed by atoms with van der Waals surface area (Å²) >= 11 is 0. The number of nitrogens with one attached hydrogen (secondary N) is 1. The van der Waals surface area contributed by atoms with Gasteiger partial charge in [0.15, 0.2) is 9.84 Å². The lowest BCUT2D eigenvalue weighted by Gasteiger charge is -2.29. The number of amides is 2. The molecule has 2 amide bonds. The molecule has 0 bridgehead atoms. The highest BCUT2D eigenvalue weighted by atomic mass is 32.2. The minimum Gasteiger partial charge on any atom is -0.495 e. The zero-order chi connectivity index (χ0) is 24.0. The molecule has 176 valence electrons. The van der Waals surface area contributed by atoms with Crippen LogP contribution in [0.2, 0.25) is 0 Å². The Labute approximate surface area is 187 Å². The topological polar surface area (TPSA) is 102 Å². The van der Waals surface area contributed by atoms with Crippen molar-refractivity contribution in [2.75, 3.05) is 24.7 Å². The smallest absolute Gasteiger partial charge is 0.416 e. The second-order valence-corrected chi connectivity index (χ2v) is 9.90. The van der Waals surface area contributed by atoms with Gasteiger partial charge in [-0.2, -0.15) is 13.2 Å². The van der Waals surface area contributed by atoms with Gasteiger partial charge in [-0.1, -0.05) is 0 Å². The standard InChI is InChI=1S/C21H19F3N2O6S/c1-31-17-7-6-15(32-14-4-2-13(3-5-14)21(22,23)24)12-16(17)25-19(28)20-9-8-18(27)26(20)10-11-33(20,29)30/h2-7,12H,8-11H2,1H3,(H,25,28). The molecule has 2 aliphatic rings. The van der Waals surface area contributed by atoms with Gasteiger partial charge in [0.05, 0.1) is 24.1 Å². The molecule has 0 spiro atoms. The third-order valence-electron chi connectivity index (χ3n) is 5.70. The highest BCUT2D eigenvalue weighted by molar-refractivity contribution is 7.93.